The van der Waals surface area contributed by atoms with Crippen LogP contribution in [-0.2, 0) is 11.9 Å². The number of halogens is 4. The van der Waals surface area contributed by atoms with Crippen LogP contribution in [0.25, 0.3) is 22.0 Å². The van der Waals surface area contributed by atoms with Crippen molar-refractivity contribution >= 4 is 34.3 Å². The maximum Gasteiger partial charge on any atom is 0.416 e. The number of pyridine rings is 1. The van der Waals surface area contributed by atoms with E-state index in [0.717, 1.165) is 17.7 Å². The SMILES string of the molecule is COc1ccc(CSc2c(-c3cc(Cl)ccc3OC)c3cc(C(F)(F)F)ccc3[nH]c2=O)cc1. The average Bonchev–Trinajstić information content (AvgIpc) is 2.81. The fourth-order valence-corrected chi connectivity index (χ4v) is 4.83. The zero-order valence-electron chi connectivity index (χ0n) is 18.1. The lowest BCUT2D eigenvalue weighted by Crippen LogP contribution is -2.12. The molecule has 0 unspecified atom stereocenters. The average molecular weight is 506 g/mol. The number of H-pyrrole nitrogens is 1. The number of aromatic amines is 1. The highest BCUT2D eigenvalue weighted by atomic mass is 35.5. The van der Waals surface area contributed by atoms with E-state index in [1.807, 2.05) is 12.1 Å². The van der Waals surface area contributed by atoms with E-state index in [1.54, 1.807) is 37.4 Å². The number of ether oxygens (including phenoxy) is 2. The first-order valence-electron chi connectivity index (χ1n) is 10.1. The maximum atomic E-state index is 13.5. The van der Waals surface area contributed by atoms with Crippen LogP contribution in [0.1, 0.15) is 11.1 Å². The smallest absolute Gasteiger partial charge is 0.416 e. The number of thioether (sulfide) groups is 1. The number of aromatic nitrogens is 1. The van der Waals surface area contributed by atoms with Crippen molar-refractivity contribution in [2.24, 2.45) is 0 Å². The van der Waals surface area contributed by atoms with Gasteiger partial charge in [-0.05, 0) is 54.1 Å². The van der Waals surface area contributed by atoms with E-state index in [1.165, 1.54) is 24.9 Å². The van der Waals surface area contributed by atoms with Gasteiger partial charge in [0.15, 0.2) is 0 Å². The molecule has 0 saturated carbocycles. The van der Waals surface area contributed by atoms with Gasteiger partial charge in [0.25, 0.3) is 5.56 Å². The van der Waals surface area contributed by atoms with Gasteiger partial charge >= 0.3 is 6.18 Å². The number of methoxy groups -OCH3 is 2. The van der Waals surface area contributed by atoms with Crippen LogP contribution in [0, 0.1) is 0 Å². The number of alkyl halides is 3. The van der Waals surface area contributed by atoms with Gasteiger partial charge in [0, 0.05) is 32.8 Å². The van der Waals surface area contributed by atoms with Crippen LogP contribution in [-0.4, -0.2) is 19.2 Å². The number of nitrogens with one attached hydrogen (secondary N) is 1. The van der Waals surface area contributed by atoms with Crippen molar-refractivity contribution in [3.05, 3.63) is 87.2 Å². The topological polar surface area (TPSA) is 51.3 Å². The normalized spacial score (nSPS) is 11.6. The molecule has 0 bridgehead atoms. The quantitative estimate of drug-likeness (QED) is 0.282. The number of rotatable bonds is 6. The molecule has 9 heteroatoms. The summed E-state index contributed by atoms with van der Waals surface area (Å²) in [6, 6.07) is 15.4. The molecule has 0 atom stereocenters. The molecule has 3 aromatic carbocycles. The Kier molecular flexibility index (Phi) is 6.81. The summed E-state index contributed by atoms with van der Waals surface area (Å²) in [5, 5.41) is 0.606. The van der Waals surface area contributed by atoms with Gasteiger partial charge in [0.1, 0.15) is 11.5 Å². The second-order valence-corrected chi connectivity index (χ2v) is 8.82. The number of benzene rings is 3. The molecule has 0 aliphatic rings. The molecule has 0 fully saturated rings. The summed E-state index contributed by atoms with van der Waals surface area (Å²) in [4.78, 5) is 16.1. The highest BCUT2D eigenvalue weighted by Gasteiger charge is 2.31. The van der Waals surface area contributed by atoms with Gasteiger partial charge in [0.2, 0.25) is 0 Å². The minimum Gasteiger partial charge on any atom is -0.497 e. The predicted molar refractivity (Wildman–Crippen MR) is 129 cm³/mol. The second kappa shape index (κ2) is 9.64. The van der Waals surface area contributed by atoms with Crippen LogP contribution in [0.2, 0.25) is 5.02 Å². The summed E-state index contributed by atoms with van der Waals surface area (Å²) in [6.07, 6.45) is -4.55. The molecule has 0 aliphatic carbocycles. The van der Waals surface area contributed by atoms with Crippen molar-refractivity contribution < 1.29 is 22.6 Å². The van der Waals surface area contributed by atoms with Crippen molar-refractivity contribution in [2.45, 2.75) is 16.8 Å². The van der Waals surface area contributed by atoms with Crippen LogP contribution >= 0.6 is 23.4 Å². The van der Waals surface area contributed by atoms with Crippen molar-refractivity contribution in [3.63, 3.8) is 0 Å². The van der Waals surface area contributed by atoms with Gasteiger partial charge < -0.3 is 14.5 Å². The molecular weight excluding hydrogens is 487 g/mol. The number of hydrogen-bond donors (Lipinski definition) is 1. The Morgan fingerprint density at radius 2 is 1.71 bits per heavy atom. The van der Waals surface area contributed by atoms with E-state index in [2.05, 4.69) is 4.98 Å². The first kappa shape index (κ1) is 24.0. The van der Waals surface area contributed by atoms with Crippen LogP contribution in [0.3, 0.4) is 0 Å². The fraction of sp³-hybridized carbons (Fsp3) is 0.160. The molecule has 0 aliphatic heterocycles. The zero-order chi connectivity index (χ0) is 24.5. The molecule has 4 aromatic rings. The summed E-state index contributed by atoms with van der Waals surface area (Å²) in [5.74, 6) is 1.49. The Hall–Kier alpha value is -3.10. The molecule has 1 N–H and O–H groups in total. The van der Waals surface area contributed by atoms with Crippen LogP contribution in [0.5, 0.6) is 11.5 Å². The van der Waals surface area contributed by atoms with Crippen molar-refractivity contribution in [1.29, 1.82) is 0 Å². The molecule has 34 heavy (non-hydrogen) atoms. The molecule has 1 heterocycles. The third kappa shape index (κ3) is 4.88. The van der Waals surface area contributed by atoms with Gasteiger partial charge in [0.05, 0.1) is 24.7 Å². The van der Waals surface area contributed by atoms with E-state index in [0.29, 0.717) is 33.4 Å². The van der Waals surface area contributed by atoms with Crippen LogP contribution in [0.15, 0.2) is 70.4 Å². The molecule has 4 nitrogen and oxygen atoms in total. The third-order valence-corrected chi connectivity index (χ3v) is 6.66. The summed E-state index contributed by atoms with van der Waals surface area (Å²) in [6.45, 7) is 0. The van der Waals surface area contributed by atoms with Crippen LogP contribution < -0.4 is 15.0 Å². The molecule has 0 spiro atoms. The minimum atomic E-state index is -4.55. The summed E-state index contributed by atoms with van der Waals surface area (Å²) in [7, 11) is 3.02. The van der Waals surface area contributed by atoms with Gasteiger partial charge in [-0.1, -0.05) is 23.7 Å². The van der Waals surface area contributed by atoms with Gasteiger partial charge in [-0.15, -0.1) is 11.8 Å². The minimum absolute atomic E-state index is 0.243. The second-order valence-electron chi connectivity index (χ2n) is 7.40. The van der Waals surface area contributed by atoms with Crippen molar-refractivity contribution in [3.8, 4) is 22.6 Å². The molecule has 0 amide bonds. The number of fused-ring (bicyclic) bond motifs is 1. The van der Waals surface area contributed by atoms with E-state index in [9.17, 15) is 18.0 Å². The molecule has 1 aromatic heterocycles. The molecule has 0 saturated heterocycles. The molecular formula is C25H19ClF3NO3S. The lowest BCUT2D eigenvalue weighted by Gasteiger charge is -2.17. The molecule has 0 radical (unpaired) electrons. The Morgan fingerprint density at radius 1 is 0.971 bits per heavy atom. The monoisotopic (exact) mass is 505 g/mol. The van der Waals surface area contributed by atoms with Gasteiger partial charge in [-0.25, -0.2) is 0 Å². The third-order valence-electron chi connectivity index (χ3n) is 5.27. The lowest BCUT2D eigenvalue weighted by atomic mass is 9.98. The zero-order valence-corrected chi connectivity index (χ0v) is 19.7. The first-order chi connectivity index (χ1) is 16.2. The highest BCUT2D eigenvalue weighted by Crippen LogP contribution is 2.43. The Morgan fingerprint density at radius 3 is 2.35 bits per heavy atom. The van der Waals surface area contributed by atoms with E-state index >= 15 is 0 Å². The summed E-state index contributed by atoms with van der Waals surface area (Å²) in [5.41, 5.74) is 0.732. The maximum absolute atomic E-state index is 13.5. The number of hydrogen-bond acceptors (Lipinski definition) is 4. The Bertz CT molecular complexity index is 1400. The highest BCUT2D eigenvalue weighted by molar-refractivity contribution is 7.98. The predicted octanol–water partition coefficient (Wildman–Crippen LogP) is 7.18. The molecule has 176 valence electrons. The van der Waals surface area contributed by atoms with E-state index in [-0.39, 0.29) is 15.8 Å². The van der Waals surface area contributed by atoms with Crippen molar-refractivity contribution in [2.75, 3.05) is 14.2 Å². The van der Waals surface area contributed by atoms with E-state index in [4.69, 9.17) is 21.1 Å². The van der Waals surface area contributed by atoms with Crippen LogP contribution in [0.4, 0.5) is 13.2 Å². The summed E-state index contributed by atoms with van der Waals surface area (Å²) < 4.78 is 51.3. The Balaban J connectivity index is 1.94. The van der Waals surface area contributed by atoms with Gasteiger partial charge in [-0.3, -0.25) is 4.79 Å². The summed E-state index contributed by atoms with van der Waals surface area (Å²) >= 11 is 7.46. The fourth-order valence-electron chi connectivity index (χ4n) is 3.61. The Labute approximate surface area is 202 Å². The first-order valence-corrected chi connectivity index (χ1v) is 11.4. The lowest BCUT2D eigenvalue weighted by molar-refractivity contribution is -0.137. The molecule has 4 rings (SSSR count). The standard InChI is InChI=1S/C25H19ClF3NO3S/c1-32-17-7-3-14(4-8-17)13-34-23-22(19-12-16(26)6-10-21(19)33-2)18-11-15(25(27,28)29)5-9-20(18)30-24(23)31/h3-12H,13H2,1-2H3,(H,30,31). The van der Waals surface area contributed by atoms with Gasteiger partial charge in [-0.2, -0.15) is 13.2 Å². The van der Waals surface area contributed by atoms with Crippen molar-refractivity contribution in [1.82, 2.24) is 4.98 Å². The van der Waals surface area contributed by atoms with E-state index < -0.39 is 17.3 Å². The largest absolute Gasteiger partial charge is 0.497 e.